The van der Waals surface area contributed by atoms with Crippen molar-refractivity contribution in [1.82, 2.24) is 9.55 Å². The van der Waals surface area contributed by atoms with E-state index in [4.69, 9.17) is 16.3 Å². The van der Waals surface area contributed by atoms with Crippen molar-refractivity contribution in [3.63, 3.8) is 0 Å². The number of benzene rings is 2. The molecule has 0 fully saturated rings. The predicted molar refractivity (Wildman–Crippen MR) is 106 cm³/mol. The number of rotatable bonds is 5. The van der Waals surface area contributed by atoms with Gasteiger partial charge in [0.05, 0.1) is 23.3 Å². The Morgan fingerprint density at radius 2 is 2.04 bits per heavy atom. The average Bonchev–Trinajstić information content (AvgIpc) is 3.06. The highest BCUT2D eigenvalue weighted by Crippen LogP contribution is 2.24. The number of nitrogens with zero attached hydrogens (tertiary/aromatic N) is 3. The van der Waals surface area contributed by atoms with Crippen molar-refractivity contribution in [2.75, 3.05) is 6.61 Å². The Morgan fingerprint density at radius 3 is 2.70 bits per heavy atom. The summed E-state index contributed by atoms with van der Waals surface area (Å²) in [5.74, 6) is -0.764. The van der Waals surface area contributed by atoms with Gasteiger partial charge in [0.1, 0.15) is 17.7 Å². The van der Waals surface area contributed by atoms with Crippen LogP contribution in [0.3, 0.4) is 0 Å². The van der Waals surface area contributed by atoms with Crippen LogP contribution in [-0.2, 0) is 9.53 Å². The van der Waals surface area contributed by atoms with Crippen LogP contribution >= 0.6 is 11.6 Å². The van der Waals surface area contributed by atoms with Crippen molar-refractivity contribution in [3.8, 4) is 5.69 Å². The fraction of sp³-hybridized carbons (Fsp3) is 0.150. The molecule has 0 bridgehead atoms. The van der Waals surface area contributed by atoms with Crippen molar-refractivity contribution in [3.05, 3.63) is 65.1 Å². The summed E-state index contributed by atoms with van der Waals surface area (Å²) in [6, 6.07) is 13.0. The monoisotopic (exact) mass is 383 g/mol. The Balaban J connectivity index is 1.90. The fourth-order valence-electron chi connectivity index (χ4n) is 2.53. The molecule has 0 amide bonds. The third kappa shape index (κ3) is 4.17. The molecule has 0 atom stereocenters. The number of hydrogen-bond acceptors (Lipinski definition) is 5. The van der Waals surface area contributed by atoms with Crippen molar-refractivity contribution in [2.24, 2.45) is 4.99 Å². The summed E-state index contributed by atoms with van der Waals surface area (Å²) in [6.45, 7) is 3.33. The second kappa shape index (κ2) is 8.05. The van der Waals surface area contributed by atoms with Crippen molar-refractivity contribution in [2.45, 2.75) is 13.8 Å². The second-order valence-electron chi connectivity index (χ2n) is 5.74. The number of allylic oxidation sites excluding steroid dienone is 1. The summed E-state index contributed by atoms with van der Waals surface area (Å²) in [4.78, 5) is 20.5. The van der Waals surface area contributed by atoms with Crippen LogP contribution in [0.4, 0.5) is 5.69 Å². The lowest BCUT2D eigenvalue weighted by molar-refractivity contribution is -0.138. The van der Waals surface area contributed by atoms with Crippen LogP contribution in [-0.4, -0.2) is 33.4 Å². The lowest BCUT2D eigenvalue weighted by Gasteiger charge is -2.05. The van der Waals surface area contributed by atoms with E-state index in [0.717, 1.165) is 16.7 Å². The van der Waals surface area contributed by atoms with E-state index < -0.39 is 5.97 Å². The van der Waals surface area contributed by atoms with Gasteiger partial charge in [-0.1, -0.05) is 11.6 Å². The Hall–Kier alpha value is -3.12. The summed E-state index contributed by atoms with van der Waals surface area (Å²) in [6.07, 6.45) is 3.02. The Morgan fingerprint density at radius 1 is 1.30 bits per heavy atom. The van der Waals surface area contributed by atoms with Gasteiger partial charge in [-0.15, -0.1) is 0 Å². The fourth-order valence-corrected chi connectivity index (χ4v) is 2.66. The molecular formula is C20H18ClN3O3. The third-order valence-electron chi connectivity index (χ3n) is 3.86. The minimum absolute atomic E-state index is 0.0173. The summed E-state index contributed by atoms with van der Waals surface area (Å²) < 4.78 is 6.86. The minimum Gasteiger partial charge on any atom is -0.512 e. The van der Waals surface area contributed by atoms with Gasteiger partial charge in [0.25, 0.3) is 0 Å². The normalized spacial score (nSPS) is 12.4. The predicted octanol–water partition coefficient (Wildman–Crippen LogP) is 4.78. The number of imidazole rings is 1. The molecule has 0 saturated heterocycles. The van der Waals surface area contributed by atoms with Gasteiger partial charge < -0.3 is 9.84 Å². The lowest BCUT2D eigenvalue weighted by atomic mass is 10.2. The molecule has 1 heterocycles. The molecule has 3 rings (SSSR count). The zero-order chi connectivity index (χ0) is 19.4. The molecule has 0 unspecified atom stereocenters. The number of aliphatic hydroxyl groups excluding tert-OH is 1. The largest absolute Gasteiger partial charge is 0.512 e. The quantitative estimate of drug-likeness (QED) is 0.298. The van der Waals surface area contributed by atoms with E-state index in [-0.39, 0.29) is 17.9 Å². The van der Waals surface area contributed by atoms with Crippen LogP contribution in [0.2, 0.25) is 5.02 Å². The minimum atomic E-state index is -0.616. The number of hydrogen-bond donors (Lipinski definition) is 1. The molecule has 6 nitrogen and oxygen atoms in total. The van der Waals surface area contributed by atoms with Gasteiger partial charge in [0.2, 0.25) is 0 Å². The van der Waals surface area contributed by atoms with Crippen LogP contribution in [0.5, 0.6) is 0 Å². The third-order valence-corrected chi connectivity index (χ3v) is 4.12. The van der Waals surface area contributed by atoms with Gasteiger partial charge >= 0.3 is 5.97 Å². The topological polar surface area (TPSA) is 76.7 Å². The van der Waals surface area contributed by atoms with Gasteiger partial charge in [-0.3, -0.25) is 9.56 Å². The molecule has 0 aliphatic heterocycles. The van der Waals surface area contributed by atoms with Crippen LogP contribution < -0.4 is 0 Å². The highest BCUT2D eigenvalue weighted by atomic mass is 35.5. The summed E-state index contributed by atoms with van der Waals surface area (Å²) in [5.41, 5.74) is 3.23. The number of carbonyl (C=O) groups excluding carboxylic acids is 1. The standard InChI is InChI=1S/C20H18ClN3O3/c1-3-27-20(26)17(13(2)25)11-22-15-6-9-19-18(10-15)23-12-24(19)16-7-4-14(21)5-8-16/h4-12,25H,3H2,1-2H3/b17-13+,22-11?. The molecular weight excluding hydrogens is 366 g/mol. The molecule has 2 aromatic carbocycles. The van der Waals surface area contributed by atoms with Gasteiger partial charge in [-0.05, 0) is 56.3 Å². The van der Waals surface area contributed by atoms with Crippen LogP contribution in [0.1, 0.15) is 13.8 Å². The average molecular weight is 384 g/mol. The number of carbonyl (C=O) groups is 1. The first kappa shape index (κ1) is 18.7. The van der Waals surface area contributed by atoms with E-state index >= 15 is 0 Å². The van der Waals surface area contributed by atoms with Gasteiger partial charge in [0.15, 0.2) is 0 Å². The van der Waals surface area contributed by atoms with E-state index in [1.54, 1.807) is 19.3 Å². The van der Waals surface area contributed by atoms with Crippen LogP contribution in [0, 0.1) is 0 Å². The zero-order valence-electron chi connectivity index (χ0n) is 14.9. The molecule has 3 aromatic rings. The van der Waals surface area contributed by atoms with E-state index in [1.807, 2.05) is 41.0 Å². The number of aromatic nitrogens is 2. The smallest absolute Gasteiger partial charge is 0.343 e. The van der Waals surface area contributed by atoms with E-state index in [2.05, 4.69) is 9.98 Å². The molecule has 0 radical (unpaired) electrons. The maximum Gasteiger partial charge on any atom is 0.343 e. The van der Waals surface area contributed by atoms with Gasteiger partial charge in [-0.2, -0.15) is 0 Å². The highest BCUT2D eigenvalue weighted by molar-refractivity contribution is 6.30. The molecule has 0 aliphatic carbocycles. The van der Waals surface area contributed by atoms with Crippen molar-refractivity contribution >= 4 is 40.5 Å². The Labute approximate surface area is 161 Å². The molecule has 0 saturated carbocycles. The number of halogens is 1. The highest BCUT2D eigenvalue weighted by Gasteiger charge is 2.12. The molecule has 0 spiro atoms. The second-order valence-corrected chi connectivity index (χ2v) is 6.18. The maximum absolute atomic E-state index is 11.8. The van der Waals surface area contributed by atoms with E-state index in [9.17, 15) is 9.90 Å². The number of ether oxygens (including phenoxy) is 1. The molecule has 138 valence electrons. The molecule has 1 N–H and O–H groups in total. The molecule has 0 aliphatic rings. The number of fused-ring (bicyclic) bond motifs is 1. The first-order valence-electron chi connectivity index (χ1n) is 8.33. The van der Waals surface area contributed by atoms with Crippen LogP contribution in [0.25, 0.3) is 16.7 Å². The van der Waals surface area contributed by atoms with Gasteiger partial charge in [0, 0.05) is 16.9 Å². The Bertz CT molecular complexity index is 1030. The summed E-state index contributed by atoms with van der Waals surface area (Å²) >= 11 is 5.94. The molecule has 7 heteroatoms. The number of esters is 1. The summed E-state index contributed by atoms with van der Waals surface area (Å²) in [5, 5.41) is 10.3. The van der Waals surface area contributed by atoms with Crippen molar-refractivity contribution < 1.29 is 14.6 Å². The SMILES string of the molecule is CCOC(=O)/C(C=Nc1ccc2c(c1)ncn2-c1ccc(Cl)cc1)=C(\C)O. The van der Waals surface area contributed by atoms with Crippen LogP contribution in [0.15, 0.2) is 65.1 Å². The first-order valence-corrected chi connectivity index (χ1v) is 8.71. The molecule has 27 heavy (non-hydrogen) atoms. The lowest BCUT2D eigenvalue weighted by Crippen LogP contribution is -2.10. The molecule has 1 aromatic heterocycles. The number of aliphatic imine (C=N–C) groups is 1. The van der Waals surface area contributed by atoms with Gasteiger partial charge in [-0.25, -0.2) is 9.78 Å². The maximum atomic E-state index is 11.8. The van der Waals surface area contributed by atoms with Crippen molar-refractivity contribution in [1.29, 1.82) is 0 Å². The zero-order valence-corrected chi connectivity index (χ0v) is 15.6. The van der Waals surface area contributed by atoms with E-state index in [1.165, 1.54) is 13.1 Å². The summed E-state index contributed by atoms with van der Waals surface area (Å²) in [7, 11) is 0. The number of aliphatic hydroxyl groups is 1. The van der Waals surface area contributed by atoms with E-state index in [0.29, 0.717) is 10.7 Å². The Kier molecular flexibility index (Phi) is 5.57. The first-order chi connectivity index (χ1) is 13.0.